The molecule has 0 aliphatic rings. The normalized spacial score (nSPS) is 10.5. The van der Waals surface area contributed by atoms with Crippen LogP contribution in [0.25, 0.3) is 0 Å². The Kier molecular flexibility index (Phi) is 2.81. The van der Waals surface area contributed by atoms with E-state index in [1.165, 1.54) is 0 Å². The molecule has 0 aliphatic carbocycles. The zero-order valence-corrected chi connectivity index (χ0v) is 8.68. The van der Waals surface area contributed by atoms with E-state index in [4.69, 9.17) is 0 Å². The van der Waals surface area contributed by atoms with Gasteiger partial charge in [0.1, 0.15) is 5.75 Å². The van der Waals surface area contributed by atoms with Gasteiger partial charge in [0.05, 0.1) is 0 Å². The van der Waals surface area contributed by atoms with E-state index >= 15 is 0 Å². The van der Waals surface area contributed by atoms with Crippen LogP contribution in [0.4, 0.5) is 5.69 Å². The van der Waals surface area contributed by atoms with Crippen molar-refractivity contribution in [2.45, 2.75) is 33.7 Å². The molecular weight excluding hydrogens is 162 g/mol. The van der Waals surface area contributed by atoms with Crippen molar-refractivity contribution in [3.63, 3.8) is 0 Å². The third-order valence-corrected chi connectivity index (χ3v) is 1.95. The van der Waals surface area contributed by atoms with Gasteiger partial charge in [-0.3, -0.25) is 0 Å². The molecule has 13 heavy (non-hydrogen) atoms. The molecule has 0 saturated carbocycles. The van der Waals surface area contributed by atoms with Crippen molar-refractivity contribution in [3.05, 3.63) is 23.3 Å². The van der Waals surface area contributed by atoms with Crippen LogP contribution < -0.4 is 5.32 Å². The minimum atomic E-state index is 0.337. The maximum absolute atomic E-state index is 9.32. The molecule has 0 radical (unpaired) electrons. The number of nitrogens with one attached hydrogen (secondary N) is 1. The monoisotopic (exact) mass is 179 g/mol. The van der Waals surface area contributed by atoms with Crippen LogP contribution in [-0.2, 0) is 0 Å². The largest absolute Gasteiger partial charge is 0.508 e. The fourth-order valence-electron chi connectivity index (χ4n) is 1.46. The van der Waals surface area contributed by atoms with Crippen LogP contribution in [0.5, 0.6) is 5.75 Å². The molecule has 2 N–H and O–H groups in total. The van der Waals surface area contributed by atoms with Gasteiger partial charge in [-0.05, 0) is 51.0 Å². The summed E-state index contributed by atoms with van der Waals surface area (Å²) in [4.78, 5) is 0. The van der Waals surface area contributed by atoms with Gasteiger partial charge < -0.3 is 10.4 Å². The Morgan fingerprint density at radius 3 is 2.00 bits per heavy atom. The fraction of sp³-hybridized carbons (Fsp3) is 0.455. The third kappa shape index (κ3) is 2.38. The number of aryl methyl sites for hydroxylation is 2. The highest BCUT2D eigenvalue weighted by Crippen LogP contribution is 2.25. The first-order valence-electron chi connectivity index (χ1n) is 4.57. The Morgan fingerprint density at radius 1 is 1.15 bits per heavy atom. The number of hydrogen-bond donors (Lipinski definition) is 2. The molecule has 72 valence electrons. The van der Waals surface area contributed by atoms with Crippen LogP contribution in [0.15, 0.2) is 12.1 Å². The van der Waals surface area contributed by atoms with Crippen LogP contribution in [0, 0.1) is 13.8 Å². The smallest absolute Gasteiger partial charge is 0.116 e. The summed E-state index contributed by atoms with van der Waals surface area (Å²) in [6, 6.07) is 3.97. The van der Waals surface area contributed by atoms with E-state index in [-0.39, 0.29) is 0 Å². The predicted molar refractivity (Wildman–Crippen MR) is 56.3 cm³/mol. The summed E-state index contributed by atoms with van der Waals surface area (Å²) in [6.07, 6.45) is 0. The van der Waals surface area contributed by atoms with Crippen molar-refractivity contribution >= 4 is 5.69 Å². The zero-order chi connectivity index (χ0) is 10.0. The highest BCUT2D eigenvalue weighted by Gasteiger charge is 2.04. The molecule has 0 heterocycles. The summed E-state index contributed by atoms with van der Waals surface area (Å²) < 4.78 is 0. The molecule has 0 aromatic heterocycles. The molecule has 2 nitrogen and oxygen atoms in total. The molecule has 0 bridgehead atoms. The second-order valence-corrected chi connectivity index (χ2v) is 3.75. The summed E-state index contributed by atoms with van der Waals surface area (Å²) >= 11 is 0. The van der Waals surface area contributed by atoms with E-state index in [1.54, 1.807) is 12.1 Å². The summed E-state index contributed by atoms with van der Waals surface area (Å²) in [5.74, 6) is 0.337. The topological polar surface area (TPSA) is 32.3 Å². The minimum Gasteiger partial charge on any atom is -0.508 e. The van der Waals surface area contributed by atoms with E-state index in [2.05, 4.69) is 19.2 Å². The summed E-state index contributed by atoms with van der Waals surface area (Å²) in [5, 5.41) is 12.7. The molecule has 0 atom stereocenters. The maximum atomic E-state index is 9.32. The third-order valence-electron chi connectivity index (χ3n) is 1.95. The van der Waals surface area contributed by atoms with Crippen molar-refractivity contribution in [1.29, 1.82) is 0 Å². The van der Waals surface area contributed by atoms with Gasteiger partial charge in [-0.1, -0.05) is 0 Å². The van der Waals surface area contributed by atoms with Gasteiger partial charge in [0, 0.05) is 11.7 Å². The molecule has 0 amide bonds. The lowest BCUT2D eigenvalue weighted by molar-refractivity contribution is 0.474. The van der Waals surface area contributed by atoms with E-state index in [0.29, 0.717) is 11.8 Å². The lowest BCUT2D eigenvalue weighted by Gasteiger charge is -2.15. The molecule has 0 saturated heterocycles. The molecule has 2 heteroatoms. The van der Waals surface area contributed by atoms with Gasteiger partial charge in [-0.15, -0.1) is 0 Å². The number of aromatic hydroxyl groups is 1. The van der Waals surface area contributed by atoms with Gasteiger partial charge in [0.25, 0.3) is 0 Å². The van der Waals surface area contributed by atoms with Gasteiger partial charge in [0.15, 0.2) is 0 Å². The molecule has 0 aliphatic heterocycles. The SMILES string of the molecule is Cc1cc(O)cc(C)c1NC(C)C. The highest BCUT2D eigenvalue weighted by molar-refractivity contribution is 5.59. The van der Waals surface area contributed by atoms with Gasteiger partial charge >= 0.3 is 0 Å². The Hall–Kier alpha value is -1.18. The van der Waals surface area contributed by atoms with Gasteiger partial charge in [0.2, 0.25) is 0 Å². The first-order chi connectivity index (χ1) is 6.00. The van der Waals surface area contributed by atoms with Crippen molar-refractivity contribution in [2.24, 2.45) is 0 Å². The maximum Gasteiger partial charge on any atom is 0.116 e. The zero-order valence-electron chi connectivity index (χ0n) is 8.68. The summed E-state index contributed by atoms with van der Waals surface area (Å²) in [5.41, 5.74) is 3.31. The molecular formula is C11H17NO. The fourth-order valence-corrected chi connectivity index (χ4v) is 1.46. The summed E-state index contributed by atoms with van der Waals surface area (Å²) in [6.45, 7) is 8.20. The first kappa shape index (κ1) is 9.90. The van der Waals surface area contributed by atoms with Crippen molar-refractivity contribution in [3.8, 4) is 5.75 Å². The minimum absolute atomic E-state index is 0.337. The summed E-state index contributed by atoms with van der Waals surface area (Å²) in [7, 11) is 0. The van der Waals surface area contributed by atoms with E-state index < -0.39 is 0 Å². The number of rotatable bonds is 2. The average Bonchev–Trinajstić information content (AvgIpc) is 1.96. The highest BCUT2D eigenvalue weighted by atomic mass is 16.3. The van der Waals surface area contributed by atoms with Gasteiger partial charge in [-0.25, -0.2) is 0 Å². The van der Waals surface area contributed by atoms with Crippen LogP contribution in [-0.4, -0.2) is 11.1 Å². The Morgan fingerprint density at radius 2 is 1.62 bits per heavy atom. The van der Waals surface area contributed by atoms with Crippen LogP contribution in [0.3, 0.4) is 0 Å². The van der Waals surface area contributed by atoms with Crippen LogP contribution in [0.1, 0.15) is 25.0 Å². The number of phenolic OH excluding ortho intramolecular Hbond substituents is 1. The Balaban J connectivity index is 3.06. The predicted octanol–water partition coefficient (Wildman–Crippen LogP) is 2.83. The van der Waals surface area contributed by atoms with Crippen molar-refractivity contribution in [1.82, 2.24) is 0 Å². The Labute approximate surface area is 79.6 Å². The number of anilines is 1. The lowest BCUT2D eigenvalue weighted by atomic mass is 10.1. The second-order valence-electron chi connectivity index (χ2n) is 3.75. The van der Waals surface area contributed by atoms with Crippen LogP contribution in [0.2, 0.25) is 0 Å². The van der Waals surface area contributed by atoms with Crippen molar-refractivity contribution in [2.75, 3.05) is 5.32 Å². The quantitative estimate of drug-likeness (QED) is 0.684. The molecule has 0 spiro atoms. The molecule has 0 fully saturated rings. The molecule has 1 aromatic rings. The van der Waals surface area contributed by atoms with Crippen molar-refractivity contribution < 1.29 is 5.11 Å². The Bertz CT molecular complexity index is 282. The van der Waals surface area contributed by atoms with E-state index in [9.17, 15) is 5.11 Å². The number of hydrogen-bond acceptors (Lipinski definition) is 2. The lowest BCUT2D eigenvalue weighted by Crippen LogP contribution is -2.11. The van der Waals surface area contributed by atoms with E-state index in [0.717, 1.165) is 16.8 Å². The van der Waals surface area contributed by atoms with Crippen LogP contribution >= 0.6 is 0 Å². The average molecular weight is 179 g/mol. The van der Waals surface area contributed by atoms with E-state index in [1.807, 2.05) is 13.8 Å². The molecule has 0 unspecified atom stereocenters. The van der Waals surface area contributed by atoms with Gasteiger partial charge in [-0.2, -0.15) is 0 Å². The molecule has 1 rings (SSSR count). The molecule has 1 aromatic carbocycles. The second kappa shape index (κ2) is 3.69. The first-order valence-corrected chi connectivity index (χ1v) is 4.57. The number of benzene rings is 1. The standard InChI is InChI=1S/C11H17NO/c1-7(2)12-11-8(3)5-10(13)6-9(11)4/h5-7,12-13H,1-4H3. The number of phenols is 1.